The van der Waals surface area contributed by atoms with Crippen molar-refractivity contribution in [2.24, 2.45) is 4.99 Å². The average Bonchev–Trinajstić information content (AvgIpc) is 1.67. The van der Waals surface area contributed by atoms with E-state index in [2.05, 4.69) is 22.4 Å². The molecule has 4 heteroatoms. The van der Waals surface area contributed by atoms with Crippen molar-refractivity contribution in [1.29, 1.82) is 0 Å². The lowest BCUT2D eigenvalue weighted by atomic mass is 10.4. The van der Waals surface area contributed by atoms with Gasteiger partial charge in [-0.1, -0.05) is 0 Å². The standard InChI is InChI=1S/C4H7NS.CH2Cl2/c1-4(2)5-3-6;2-1-3/h4H,1-2H3;1H2. The van der Waals surface area contributed by atoms with Crippen molar-refractivity contribution in [3.8, 4) is 0 Å². The predicted molar refractivity (Wildman–Crippen MR) is 46.7 cm³/mol. The largest absolute Gasteiger partial charge is 0.230 e. The predicted octanol–water partition coefficient (Wildman–Crippen LogP) is 2.92. The number of hydrogen-bond donors (Lipinski definition) is 0. The number of rotatable bonds is 1. The Morgan fingerprint density at radius 2 is 1.89 bits per heavy atom. The number of aliphatic imine (C=N–C) groups is 1. The fourth-order valence-electron chi connectivity index (χ4n) is 0.105. The normalized spacial score (nSPS) is 7.22. The highest BCUT2D eigenvalue weighted by Crippen LogP contribution is 1.79. The van der Waals surface area contributed by atoms with Crippen molar-refractivity contribution in [2.75, 3.05) is 5.34 Å². The summed E-state index contributed by atoms with van der Waals surface area (Å²) < 4.78 is 0. The van der Waals surface area contributed by atoms with Gasteiger partial charge in [-0.15, -0.1) is 23.2 Å². The molecule has 0 fully saturated rings. The summed E-state index contributed by atoms with van der Waals surface area (Å²) in [6, 6.07) is 0.308. The molecule has 0 saturated heterocycles. The van der Waals surface area contributed by atoms with Gasteiger partial charge in [-0.3, -0.25) is 0 Å². The Hall–Kier alpha value is 0.380. The number of hydrogen-bond acceptors (Lipinski definition) is 2. The van der Waals surface area contributed by atoms with Gasteiger partial charge in [-0.05, 0) is 26.1 Å². The van der Waals surface area contributed by atoms with Crippen LogP contribution in [0.2, 0.25) is 0 Å². The van der Waals surface area contributed by atoms with Crippen molar-refractivity contribution in [3.05, 3.63) is 0 Å². The lowest BCUT2D eigenvalue weighted by Gasteiger charge is -1.83. The Kier molecular flexibility index (Phi) is 15.1. The minimum atomic E-state index is 0.194. The number of alkyl halides is 2. The van der Waals surface area contributed by atoms with E-state index in [0.717, 1.165) is 0 Å². The number of nitrogens with zero attached hydrogens (tertiary/aromatic N) is 1. The van der Waals surface area contributed by atoms with Gasteiger partial charge >= 0.3 is 0 Å². The summed E-state index contributed by atoms with van der Waals surface area (Å²) in [7, 11) is 0. The molecule has 1 nitrogen and oxygen atoms in total. The van der Waals surface area contributed by atoms with E-state index >= 15 is 0 Å². The molecule has 0 aromatic rings. The molecule has 0 amide bonds. The molecule has 0 radical (unpaired) electrons. The second-order valence-corrected chi connectivity index (χ2v) is 2.41. The molecule has 0 aromatic carbocycles. The lowest BCUT2D eigenvalue weighted by Crippen LogP contribution is -1.83. The van der Waals surface area contributed by atoms with Gasteiger partial charge in [0.15, 0.2) is 0 Å². The second-order valence-electron chi connectivity index (χ2n) is 1.42. The van der Waals surface area contributed by atoms with Crippen LogP contribution in [-0.2, 0) is 0 Å². The van der Waals surface area contributed by atoms with Crippen LogP contribution in [0.3, 0.4) is 0 Å². The Morgan fingerprint density at radius 3 is 1.89 bits per heavy atom. The smallest absolute Gasteiger partial charge is 0.0967 e. The maximum atomic E-state index is 4.76. The summed E-state index contributed by atoms with van der Waals surface area (Å²) in [4.78, 5) is 3.69. The van der Waals surface area contributed by atoms with Crippen LogP contribution in [0.15, 0.2) is 4.99 Å². The highest BCUT2D eigenvalue weighted by atomic mass is 35.5. The van der Waals surface area contributed by atoms with Gasteiger partial charge in [-0.25, -0.2) is 4.99 Å². The quantitative estimate of drug-likeness (QED) is 0.348. The maximum Gasteiger partial charge on any atom is 0.0967 e. The van der Waals surface area contributed by atoms with E-state index in [4.69, 9.17) is 23.2 Å². The molecule has 0 rings (SSSR count). The highest BCUT2D eigenvalue weighted by molar-refractivity contribution is 7.78. The third-order valence-electron chi connectivity index (χ3n) is 0.311. The van der Waals surface area contributed by atoms with Gasteiger partial charge < -0.3 is 0 Å². The van der Waals surface area contributed by atoms with Crippen LogP contribution in [0, 0.1) is 0 Å². The monoisotopic (exact) mass is 185 g/mol. The molecule has 0 aromatic heterocycles. The Bertz CT molecular complexity index is 89.0. The molecule has 0 heterocycles. The van der Waals surface area contributed by atoms with Crippen molar-refractivity contribution in [2.45, 2.75) is 19.9 Å². The summed E-state index contributed by atoms with van der Waals surface area (Å²) >= 11 is 13.8. The van der Waals surface area contributed by atoms with Gasteiger partial charge in [0.1, 0.15) is 0 Å². The fraction of sp³-hybridized carbons (Fsp3) is 0.800. The molecular formula is C5H9Cl2NS. The SMILES string of the molecule is CC(C)N=C=S.ClCCl. The molecule has 0 unspecified atom stereocenters. The Balaban J connectivity index is 0. The molecule has 0 saturated carbocycles. The van der Waals surface area contributed by atoms with E-state index in [1.165, 1.54) is 0 Å². The molecule has 54 valence electrons. The third kappa shape index (κ3) is 29.9. The number of thiocarbonyl (C=S) groups is 1. The first kappa shape index (κ1) is 12.1. The van der Waals surface area contributed by atoms with Gasteiger partial charge in [0.25, 0.3) is 0 Å². The van der Waals surface area contributed by atoms with Crippen molar-refractivity contribution < 1.29 is 0 Å². The van der Waals surface area contributed by atoms with E-state index in [-0.39, 0.29) is 5.34 Å². The second kappa shape index (κ2) is 11.2. The molecule has 0 bridgehead atoms. The third-order valence-corrected chi connectivity index (χ3v) is 0.416. The summed E-state index contributed by atoms with van der Waals surface area (Å²) in [6.45, 7) is 3.92. The molecular weight excluding hydrogens is 177 g/mol. The van der Waals surface area contributed by atoms with E-state index in [1.807, 2.05) is 13.8 Å². The molecule has 0 atom stereocenters. The number of halogens is 2. The average molecular weight is 186 g/mol. The topological polar surface area (TPSA) is 12.4 Å². The van der Waals surface area contributed by atoms with Crippen LogP contribution in [0.5, 0.6) is 0 Å². The number of isothiocyanates is 1. The van der Waals surface area contributed by atoms with E-state index in [0.29, 0.717) is 6.04 Å². The van der Waals surface area contributed by atoms with E-state index < -0.39 is 0 Å². The van der Waals surface area contributed by atoms with Crippen LogP contribution in [0.25, 0.3) is 0 Å². The molecule has 0 aliphatic rings. The van der Waals surface area contributed by atoms with Crippen molar-refractivity contribution >= 4 is 40.6 Å². The van der Waals surface area contributed by atoms with E-state index in [9.17, 15) is 0 Å². The minimum Gasteiger partial charge on any atom is -0.230 e. The van der Waals surface area contributed by atoms with E-state index in [1.54, 1.807) is 0 Å². The summed E-state index contributed by atoms with van der Waals surface area (Å²) in [5, 5.41) is 2.47. The van der Waals surface area contributed by atoms with Crippen LogP contribution < -0.4 is 0 Å². The zero-order valence-corrected chi connectivity index (χ0v) is 7.72. The lowest BCUT2D eigenvalue weighted by molar-refractivity contribution is 0.844. The van der Waals surface area contributed by atoms with Crippen molar-refractivity contribution in [1.82, 2.24) is 0 Å². The van der Waals surface area contributed by atoms with Gasteiger partial charge in [0.05, 0.1) is 16.5 Å². The van der Waals surface area contributed by atoms with Gasteiger partial charge in [-0.2, -0.15) is 0 Å². The maximum absolute atomic E-state index is 4.76. The molecule has 0 aliphatic carbocycles. The molecule has 0 spiro atoms. The van der Waals surface area contributed by atoms with Crippen LogP contribution >= 0.6 is 35.4 Å². The summed E-state index contributed by atoms with van der Waals surface area (Å²) in [6.07, 6.45) is 0. The molecule has 0 aliphatic heterocycles. The first-order chi connectivity index (χ1) is 4.18. The Labute approximate surface area is 71.1 Å². The minimum absolute atomic E-state index is 0.194. The highest BCUT2D eigenvalue weighted by Gasteiger charge is 1.77. The van der Waals surface area contributed by atoms with Crippen LogP contribution in [0.4, 0.5) is 0 Å². The zero-order chi connectivity index (χ0) is 7.70. The first-order valence-corrected chi connectivity index (χ1v) is 3.85. The zero-order valence-electron chi connectivity index (χ0n) is 5.40. The van der Waals surface area contributed by atoms with Crippen LogP contribution in [0.1, 0.15) is 13.8 Å². The van der Waals surface area contributed by atoms with Gasteiger partial charge in [0, 0.05) is 0 Å². The van der Waals surface area contributed by atoms with Gasteiger partial charge in [0.2, 0.25) is 0 Å². The van der Waals surface area contributed by atoms with Crippen LogP contribution in [-0.4, -0.2) is 16.5 Å². The molecule has 9 heavy (non-hydrogen) atoms. The summed E-state index contributed by atoms with van der Waals surface area (Å²) in [5.74, 6) is 0. The Morgan fingerprint density at radius 1 is 1.56 bits per heavy atom. The summed E-state index contributed by atoms with van der Waals surface area (Å²) in [5.41, 5.74) is 0. The first-order valence-electron chi connectivity index (χ1n) is 2.38. The molecule has 0 N–H and O–H groups in total. The fourth-order valence-corrected chi connectivity index (χ4v) is 0.316. The van der Waals surface area contributed by atoms with Crippen molar-refractivity contribution in [3.63, 3.8) is 0 Å².